The van der Waals surface area contributed by atoms with Crippen LogP contribution in [0.1, 0.15) is 63.4 Å². The van der Waals surface area contributed by atoms with Gasteiger partial charge < -0.3 is 14.4 Å². The molecule has 1 aromatic rings. The summed E-state index contributed by atoms with van der Waals surface area (Å²) in [5.74, 6) is 1.36. The fraction of sp³-hybridized carbons (Fsp3) is 0.842. The SMILES string of the molecule is CCOC(Cn1cc(C(=O)N2CCC(C)C3CCCCC32)nn1)OCC. The molecule has 0 bridgehead atoms. The van der Waals surface area contributed by atoms with Gasteiger partial charge in [-0.1, -0.05) is 25.0 Å². The Hall–Kier alpha value is -1.47. The summed E-state index contributed by atoms with van der Waals surface area (Å²) in [6.07, 6.45) is 7.31. The molecule has 7 nitrogen and oxygen atoms in total. The van der Waals surface area contributed by atoms with Crippen molar-refractivity contribution in [1.82, 2.24) is 19.9 Å². The van der Waals surface area contributed by atoms with Gasteiger partial charge in [0, 0.05) is 25.8 Å². The highest BCUT2D eigenvalue weighted by Crippen LogP contribution is 2.39. The van der Waals surface area contributed by atoms with Crippen molar-refractivity contribution in [2.45, 2.75) is 71.8 Å². The van der Waals surface area contributed by atoms with Gasteiger partial charge in [-0.15, -0.1) is 5.10 Å². The van der Waals surface area contributed by atoms with E-state index in [2.05, 4.69) is 22.1 Å². The van der Waals surface area contributed by atoms with E-state index in [1.54, 1.807) is 10.9 Å². The van der Waals surface area contributed by atoms with Gasteiger partial charge in [0.1, 0.15) is 0 Å². The standard InChI is InChI=1S/C19H32N4O3/c1-4-25-18(26-5-2)13-22-12-16(20-21-22)19(24)23-11-10-14(3)15-8-6-7-9-17(15)23/h12,14-15,17-18H,4-11,13H2,1-3H3. The Morgan fingerprint density at radius 3 is 2.69 bits per heavy atom. The highest BCUT2D eigenvalue weighted by Gasteiger charge is 2.40. The molecule has 3 atom stereocenters. The van der Waals surface area contributed by atoms with Crippen molar-refractivity contribution in [2.75, 3.05) is 19.8 Å². The third kappa shape index (κ3) is 4.26. The fourth-order valence-electron chi connectivity index (χ4n) is 4.48. The first-order chi connectivity index (χ1) is 12.6. The molecule has 2 aliphatic rings. The molecule has 7 heteroatoms. The summed E-state index contributed by atoms with van der Waals surface area (Å²) >= 11 is 0. The van der Waals surface area contributed by atoms with Crippen LogP contribution in [-0.4, -0.2) is 57.9 Å². The number of aromatic nitrogens is 3. The largest absolute Gasteiger partial charge is 0.351 e. The van der Waals surface area contributed by atoms with E-state index in [0.717, 1.165) is 19.4 Å². The van der Waals surface area contributed by atoms with E-state index in [1.165, 1.54) is 19.3 Å². The van der Waals surface area contributed by atoms with Gasteiger partial charge in [0.15, 0.2) is 12.0 Å². The Kier molecular flexibility index (Phi) is 6.64. The van der Waals surface area contributed by atoms with Crippen LogP contribution >= 0.6 is 0 Å². The van der Waals surface area contributed by atoms with E-state index in [4.69, 9.17) is 9.47 Å². The predicted octanol–water partition coefficient (Wildman–Crippen LogP) is 2.72. The topological polar surface area (TPSA) is 69.5 Å². The van der Waals surface area contributed by atoms with E-state index in [9.17, 15) is 4.79 Å². The van der Waals surface area contributed by atoms with Crippen LogP contribution in [0, 0.1) is 11.8 Å². The second kappa shape index (κ2) is 8.95. The molecule has 146 valence electrons. The molecule has 1 aliphatic heterocycles. The van der Waals surface area contributed by atoms with Crippen LogP contribution in [0.4, 0.5) is 0 Å². The van der Waals surface area contributed by atoms with Gasteiger partial charge >= 0.3 is 0 Å². The Bertz CT molecular complexity index is 585. The number of hydrogen-bond acceptors (Lipinski definition) is 5. The Balaban J connectivity index is 1.67. The zero-order valence-corrected chi connectivity index (χ0v) is 16.3. The van der Waals surface area contributed by atoms with Crippen molar-refractivity contribution in [2.24, 2.45) is 11.8 Å². The van der Waals surface area contributed by atoms with Crippen LogP contribution in [0.5, 0.6) is 0 Å². The van der Waals surface area contributed by atoms with Gasteiger partial charge in [-0.25, -0.2) is 4.68 Å². The number of likely N-dealkylation sites (tertiary alicyclic amines) is 1. The number of amides is 1. The second-order valence-electron chi connectivity index (χ2n) is 7.45. The van der Waals surface area contributed by atoms with Gasteiger partial charge in [0.05, 0.1) is 12.7 Å². The number of nitrogens with zero attached hydrogens (tertiary/aromatic N) is 4. The third-order valence-electron chi connectivity index (χ3n) is 5.80. The van der Waals surface area contributed by atoms with Crippen molar-refractivity contribution in [3.8, 4) is 0 Å². The molecule has 3 rings (SSSR count). The predicted molar refractivity (Wildman–Crippen MR) is 97.6 cm³/mol. The molecule has 26 heavy (non-hydrogen) atoms. The Morgan fingerprint density at radius 1 is 1.23 bits per heavy atom. The monoisotopic (exact) mass is 364 g/mol. The normalized spacial score (nSPS) is 26.2. The maximum atomic E-state index is 13.1. The first kappa shape index (κ1) is 19.3. The Morgan fingerprint density at radius 2 is 1.96 bits per heavy atom. The maximum Gasteiger partial charge on any atom is 0.276 e. The minimum atomic E-state index is -0.367. The van der Waals surface area contributed by atoms with Crippen LogP contribution < -0.4 is 0 Å². The minimum Gasteiger partial charge on any atom is -0.351 e. The summed E-state index contributed by atoms with van der Waals surface area (Å²) in [4.78, 5) is 15.1. The molecule has 1 aromatic heterocycles. The van der Waals surface area contributed by atoms with Gasteiger partial charge in [-0.05, 0) is 44.9 Å². The van der Waals surface area contributed by atoms with E-state index in [-0.39, 0.29) is 12.2 Å². The molecule has 1 amide bonds. The van der Waals surface area contributed by atoms with Crippen LogP contribution in [0.25, 0.3) is 0 Å². The van der Waals surface area contributed by atoms with Crippen molar-refractivity contribution in [3.05, 3.63) is 11.9 Å². The first-order valence-corrected chi connectivity index (χ1v) is 10.1. The van der Waals surface area contributed by atoms with Crippen molar-refractivity contribution < 1.29 is 14.3 Å². The van der Waals surface area contributed by atoms with Crippen LogP contribution in [-0.2, 0) is 16.0 Å². The molecular weight excluding hydrogens is 332 g/mol. The lowest BCUT2D eigenvalue weighted by molar-refractivity contribution is -0.145. The average molecular weight is 364 g/mol. The molecule has 0 aromatic carbocycles. The quantitative estimate of drug-likeness (QED) is 0.696. The first-order valence-electron chi connectivity index (χ1n) is 10.1. The summed E-state index contributed by atoms with van der Waals surface area (Å²) in [6.45, 7) is 8.60. The summed E-state index contributed by atoms with van der Waals surface area (Å²) in [7, 11) is 0. The van der Waals surface area contributed by atoms with Gasteiger partial charge in [0.2, 0.25) is 0 Å². The molecule has 3 unspecified atom stereocenters. The van der Waals surface area contributed by atoms with Crippen molar-refractivity contribution in [1.29, 1.82) is 0 Å². The molecule has 2 heterocycles. The molecule has 2 fully saturated rings. The zero-order chi connectivity index (χ0) is 18.5. The zero-order valence-electron chi connectivity index (χ0n) is 16.3. The van der Waals surface area contributed by atoms with Crippen LogP contribution in [0.3, 0.4) is 0 Å². The number of carbonyl (C=O) groups is 1. The molecule has 1 saturated carbocycles. The second-order valence-corrected chi connectivity index (χ2v) is 7.45. The molecular formula is C19H32N4O3. The average Bonchev–Trinajstić information content (AvgIpc) is 3.11. The van der Waals surface area contributed by atoms with Crippen molar-refractivity contribution in [3.63, 3.8) is 0 Å². The summed E-state index contributed by atoms with van der Waals surface area (Å²) in [5, 5.41) is 8.25. The lowest BCUT2D eigenvalue weighted by Crippen LogP contribution is -2.52. The highest BCUT2D eigenvalue weighted by atomic mass is 16.7. The third-order valence-corrected chi connectivity index (χ3v) is 5.80. The van der Waals surface area contributed by atoms with Gasteiger partial charge in [-0.2, -0.15) is 0 Å². The number of rotatable bonds is 7. The van der Waals surface area contributed by atoms with Gasteiger partial charge in [-0.3, -0.25) is 4.79 Å². The lowest BCUT2D eigenvalue weighted by Gasteiger charge is -2.47. The minimum absolute atomic E-state index is 0.0180. The number of carbonyl (C=O) groups excluding carboxylic acids is 1. The molecule has 1 aliphatic carbocycles. The van der Waals surface area contributed by atoms with E-state index >= 15 is 0 Å². The summed E-state index contributed by atoms with van der Waals surface area (Å²) in [5.41, 5.74) is 0.427. The number of hydrogen-bond donors (Lipinski definition) is 0. The lowest BCUT2D eigenvalue weighted by atomic mass is 9.72. The van der Waals surface area contributed by atoms with E-state index in [1.807, 2.05) is 13.8 Å². The smallest absolute Gasteiger partial charge is 0.276 e. The van der Waals surface area contributed by atoms with E-state index < -0.39 is 0 Å². The van der Waals surface area contributed by atoms with Gasteiger partial charge in [0.25, 0.3) is 5.91 Å². The number of piperidine rings is 1. The number of fused-ring (bicyclic) bond motifs is 1. The van der Waals surface area contributed by atoms with Crippen molar-refractivity contribution >= 4 is 5.91 Å². The molecule has 0 spiro atoms. The molecule has 1 saturated heterocycles. The highest BCUT2D eigenvalue weighted by molar-refractivity contribution is 5.92. The van der Waals surface area contributed by atoms with E-state index in [0.29, 0.717) is 43.3 Å². The fourth-order valence-corrected chi connectivity index (χ4v) is 4.48. The maximum absolute atomic E-state index is 13.1. The summed E-state index contributed by atoms with van der Waals surface area (Å²) in [6, 6.07) is 0.366. The summed E-state index contributed by atoms with van der Waals surface area (Å²) < 4.78 is 12.7. The molecule has 0 radical (unpaired) electrons. The number of ether oxygens (including phenoxy) is 2. The van der Waals surface area contributed by atoms with Crippen LogP contribution in [0.15, 0.2) is 6.20 Å². The molecule has 0 N–H and O–H groups in total. The van der Waals surface area contributed by atoms with Crippen LogP contribution in [0.2, 0.25) is 0 Å². The Labute approximate surface area is 156 Å².